The van der Waals surface area contributed by atoms with Crippen LogP contribution in [0.5, 0.6) is 0 Å². The zero-order valence-corrected chi connectivity index (χ0v) is 15.9. The van der Waals surface area contributed by atoms with Crippen molar-refractivity contribution in [2.45, 2.75) is 23.1 Å². The number of nitrogens with two attached hydrogens (primary N) is 1. The molecule has 3 N–H and O–H groups in total. The summed E-state index contributed by atoms with van der Waals surface area (Å²) in [6.07, 6.45) is 4.17. The molecule has 0 aliphatic heterocycles. The first-order chi connectivity index (χ1) is 13.2. The quantitative estimate of drug-likeness (QED) is 0.499. The predicted molar refractivity (Wildman–Crippen MR) is 111 cm³/mol. The average Bonchev–Trinajstić information content (AvgIpc) is 3.37. The van der Waals surface area contributed by atoms with Gasteiger partial charge < -0.3 is 5.73 Å². The fraction of sp³-hybridized carbons (Fsp3) is 0.150. The molecule has 5 nitrogen and oxygen atoms in total. The molecule has 27 heavy (non-hydrogen) atoms. The standard InChI is InChI=1S/C20H16ClN5S/c21-15-9-12(8-13-10-23-26-16(13)15)18-17(11-4-2-1-3-5-11)24-19(22)20(25-18)27-14-6-7-14/h1-5,8-10,14H,6-7H2,(H2,22,24)(H,23,26). The number of aromatic amines is 1. The maximum absolute atomic E-state index is 6.47. The molecule has 2 heterocycles. The lowest BCUT2D eigenvalue weighted by Gasteiger charge is -2.13. The van der Waals surface area contributed by atoms with E-state index in [9.17, 15) is 0 Å². The summed E-state index contributed by atoms with van der Waals surface area (Å²) in [4.78, 5) is 9.64. The Kier molecular flexibility index (Phi) is 4.02. The van der Waals surface area contributed by atoms with Crippen LogP contribution in [0.1, 0.15) is 12.8 Å². The first-order valence-electron chi connectivity index (χ1n) is 8.71. The summed E-state index contributed by atoms with van der Waals surface area (Å²) in [5, 5.41) is 9.94. The van der Waals surface area contributed by atoms with Gasteiger partial charge in [0, 0.05) is 21.8 Å². The third kappa shape index (κ3) is 3.15. The molecule has 0 atom stereocenters. The predicted octanol–water partition coefficient (Wildman–Crippen LogP) is 5.18. The minimum atomic E-state index is 0.477. The smallest absolute Gasteiger partial charge is 0.156 e. The molecule has 0 bridgehead atoms. The topological polar surface area (TPSA) is 80.5 Å². The van der Waals surface area contributed by atoms with Gasteiger partial charge >= 0.3 is 0 Å². The minimum Gasteiger partial charge on any atom is -0.381 e. The zero-order valence-electron chi connectivity index (χ0n) is 14.3. The molecule has 1 fully saturated rings. The van der Waals surface area contributed by atoms with Gasteiger partial charge in [0.25, 0.3) is 0 Å². The van der Waals surface area contributed by atoms with Crippen LogP contribution in [-0.4, -0.2) is 25.4 Å². The fourth-order valence-electron chi connectivity index (χ4n) is 3.01. The molecule has 1 aliphatic rings. The third-order valence-corrected chi connectivity index (χ3v) is 6.14. The van der Waals surface area contributed by atoms with E-state index in [1.54, 1.807) is 18.0 Å². The van der Waals surface area contributed by atoms with Gasteiger partial charge in [-0.15, -0.1) is 0 Å². The van der Waals surface area contributed by atoms with Crippen molar-refractivity contribution in [1.82, 2.24) is 20.2 Å². The van der Waals surface area contributed by atoms with Gasteiger partial charge in [0.05, 0.1) is 28.1 Å². The first kappa shape index (κ1) is 16.6. The lowest BCUT2D eigenvalue weighted by Crippen LogP contribution is -2.02. The SMILES string of the molecule is Nc1nc(-c2ccccc2)c(-c2cc(Cl)c3[nH]ncc3c2)nc1SC1CC1. The van der Waals surface area contributed by atoms with Gasteiger partial charge in [-0.25, -0.2) is 9.97 Å². The molecule has 1 saturated carbocycles. The number of halogens is 1. The zero-order chi connectivity index (χ0) is 18.4. The van der Waals surface area contributed by atoms with Crippen molar-refractivity contribution >= 4 is 40.1 Å². The van der Waals surface area contributed by atoms with E-state index in [4.69, 9.17) is 27.3 Å². The molecular formula is C20H16ClN5S. The average molecular weight is 394 g/mol. The summed E-state index contributed by atoms with van der Waals surface area (Å²) in [7, 11) is 0. The summed E-state index contributed by atoms with van der Waals surface area (Å²) in [6.45, 7) is 0. The largest absolute Gasteiger partial charge is 0.381 e. The number of hydrogen-bond donors (Lipinski definition) is 2. The summed E-state index contributed by atoms with van der Waals surface area (Å²) >= 11 is 8.18. The number of fused-ring (bicyclic) bond motifs is 1. The Morgan fingerprint density at radius 3 is 2.59 bits per heavy atom. The van der Waals surface area contributed by atoms with Crippen LogP contribution in [0.25, 0.3) is 33.4 Å². The molecule has 0 saturated heterocycles. The minimum absolute atomic E-state index is 0.477. The van der Waals surface area contributed by atoms with Gasteiger partial charge in [-0.05, 0) is 25.0 Å². The van der Waals surface area contributed by atoms with Crippen molar-refractivity contribution in [1.29, 1.82) is 0 Å². The highest BCUT2D eigenvalue weighted by atomic mass is 35.5. The molecule has 0 unspecified atom stereocenters. The Hall–Kier alpha value is -2.57. The van der Waals surface area contributed by atoms with Crippen molar-refractivity contribution in [2.24, 2.45) is 0 Å². The molecule has 134 valence electrons. The van der Waals surface area contributed by atoms with Crippen molar-refractivity contribution in [3.8, 4) is 22.5 Å². The molecule has 1 aliphatic carbocycles. The number of thioether (sulfide) groups is 1. The van der Waals surface area contributed by atoms with E-state index in [2.05, 4.69) is 10.2 Å². The summed E-state index contributed by atoms with van der Waals surface area (Å²) in [5.41, 5.74) is 10.5. The maximum atomic E-state index is 6.47. The number of nitrogen functional groups attached to an aromatic ring is 1. The van der Waals surface area contributed by atoms with Crippen LogP contribution in [0, 0.1) is 0 Å². The monoisotopic (exact) mass is 393 g/mol. The second-order valence-corrected chi connectivity index (χ2v) is 8.28. The third-order valence-electron chi connectivity index (χ3n) is 4.51. The number of benzene rings is 2. The lowest BCUT2D eigenvalue weighted by atomic mass is 10.0. The number of anilines is 1. The lowest BCUT2D eigenvalue weighted by molar-refractivity contribution is 1.08. The van der Waals surface area contributed by atoms with Gasteiger partial charge in [-0.1, -0.05) is 53.7 Å². The van der Waals surface area contributed by atoms with Crippen molar-refractivity contribution in [3.05, 3.63) is 53.7 Å². The van der Waals surface area contributed by atoms with Gasteiger partial charge in [-0.2, -0.15) is 5.10 Å². The Balaban J connectivity index is 1.74. The molecular weight excluding hydrogens is 378 g/mol. The molecule has 0 amide bonds. The Morgan fingerprint density at radius 2 is 1.81 bits per heavy atom. The number of nitrogens with one attached hydrogen (secondary N) is 1. The molecule has 5 rings (SSSR count). The highest BCUT2D eigenvalue weighted by molar-refractivity contribution is 8.00. The summed E-state index contributed by atoms with van der Waals surface area (Å²) < 4.78 is 0. The number of nitrogens with zero attached hydrogens (tertiary/aromatic N) is 3. The van der Waals surface area contributed by atoms with E-state index < -0.39 is 0 Å². The van der Waals surface area contributed by atoms with Crippen LogP contribution in [0.2, 0.25) is 5.02 Å². The van der Waals surface area contributed by atoms with Crippen molar-refractivity contribution in [2.75, 3.05) is 5.73 Å². The van der Waals surface area contributed by atoms with Crippen LogP contribution in [-0.2, 0) is 0 Å². The van der Waals surface area contributed by atoms with E-state index in [0.717, 1.165) is 38.4 Å². The number of rotatable bonds is 4. The molecule has 2 aromatic heterocycles. The van der Waals surface area contributed by atoms with Crippen LogP contribution < -0.4 is 5.73 Å². The van der Waals surface area contributed by atoms with Gasteiger partial charge in [0.2, 0.25) is 0 Å². The van der Waals surface area contributed by atoms with Gasteiger partial charge in [-0.3, -0.25) is 5.10 Å². The summed E-state index contributed by atoms with van der Waals surface area (Å²) in [5.74, 6) is 0.477. The first-order valence-corrected chi connectivity index (χ1v) is 9.97. The highest BCUT2D eigenvalue weighted by Crippen LogP contribution is 2.42. The Labute approximate surface area is 165 Å². The molecule has 0 radical (unpaired) electrons. The van der Waals surface area contributed by atoms with Crippen LogP contribution >= 0.6 is 23.4 Å². The second kappa shape index (κ2) is 6.55. The number of hydrogen-bond acceptors (Lipinski definition) is 5. The molecule has 2 aromatic carbocycles. The molecule has 4 aromatic rings. The van der Waals surface area contributed by atoms with E-state index in [0.29, 0.717) is 16.1 Å². The van der Waals surface area contributed by atoms with E-state index in [1.165, 1.54) is 12.8 Å². The molecule has 0 spiro atoms. The molecule has 7 heteroatoms. The Bertz CT molecular complexity index is 1140. The van der Waals surface area contributed by atoms with E-state index in [1.807, 2.05) is 42.5 Å². The summed E-state index contributed by atoms with van der Waals surface area (Å²) in [6, 6.07) is 13.9. The van der Waals surface area contributed by atoms with E-state index >= 15 is 0 Å². The van der Waals surface area contributed by atoms with E-state index in [-0.39, 0.29) is 0 Å². The fourth-order valence-corrected chi connectivity index (χ4v) is 4.28. The van der Waals surface area contributed by atoms with Crippen molar-refractivity contribution < 1.29 is 0 Å². The number of H-pyrrole nitrogens is 1. The van der Waals surface area contributed by atoms with Crippen LogP contribution in [0.3, 0.4) is 0 Å². The van der Waals surface area contributed by atoms with Crippen LogP contribution in [0.4, 0.5) is 5.82 Å². The van der Waals surface area contributed by atoms with Crippen molar-refractivity contribution in [3.63, 3.8) is 0 Å². The van der Waals surface area contributed by atoms with Crippen LogP contribution in [0.15, 0.2) is 53.7 Å². The van der Waals surface area contributed by atoms with Gasteiger partial charge in [0.15, 0.2) is 5.82 Å². The van der Waals surface area contributed by atoms with Gasteiger partial charge in [0.1, 0.15) is 5.03 Å². The second-order valence-electron chi connectivity index (χ2n) is 6.59. The Morgan fingerprint density at radius 1 is 1.04 bits per heavy atom. The highest BCUT2D eigenvalue weighted by Gasteiger charge is 2.26. The normalized spacial score (nSPS) is 14.0. The maximum Gasteiger partial charge on any atom is 0.156 e. The number of aromatic nitrogens is 4.